The van der Waals surface area contributed by atoms with Crippen LogP contribution in [0.25, 0.3) is 0 Å². The third kappa shape index (κ3) is 1.84. The van der Waals surface area contributed by atoms with Gasteiger partial charge in [-0.05, 0) is 18.2 Å². The summed E-state index contributed by atoms with van der Waals surface area (Å²) in [6, 6.07) is 0. The van der Waals surface area contributed by atoms with E-state index in [1.807, 2.05) is 0 Å². The van der Waals surface area contributed by atoms with Gasteiger partial charge in [0.15, 0.2) is 0 Å². The molecule has 1 aliphatic rings. The minimum atomic E-state index is -3.65. The van der Waals surface area contributed by atoms with Gasteiger partial charge in [-0.3, -0.25) is 4.79 Å². The van der Waals surface area contributed by atoms with Crippen LogP contribution in [0.1, 0.15) is 13.3 Å². The van der Waals surface area contributed by atoms with Gasteiger partial charge in [-0.15, -0.1) is 0 Å². The van der Waals surface area contributed by atoms with Gasteiger partial charge in [-0.1, -0.05) is 6.92 Å². The predicted molar refractivity (Wildman–Crippen MR) is 45.6 cm³/mol. The fraction of sp³-hybridized carbons (Fsp3) is 0.800. The van der Waals surface area contributed by atoms with Crippen molar-refractivity contribution in [2.24, 2.45) is 0 Å². The second-order valence-electron chi connectivity index (χ2n) is 2.43. The van der Waals surface area contributed by atoms with Gasteiger partial charge in [0.05, 0.1) is 0 Å². The predicted octanol–water partition coefficient (Wildman–Crippen LogP) is -0.210. The van der Waals surface area contributed by atoms with Gasteiger partial charge in [-0.25, -0.2) is 4.67 Å². The molecule has 2 N–H and O–H groups in total. The van der Waals surface area contributed by atoms with Crippen LogP contribution >= 0.6 is 6.64 Å². The van der Waals surface area contributed by atoms with Crippen LogP contribution in [-0.2, 0) is 21.3 Å². The Morgan fingerprint density at radius 3 is 2.75 bits per heavy atom. The summed E-state index contributed by atoms with van der Waals surface area (Å²) in [6.45, 7) is -1.98. The highest BCUT2D eigenvalue weighted by molar-refractivity contribution is 8.08. The largest absolute Gasteiger partial charge is 0.348 e. The van der Waals surface area contributed by atoms with E-state index in [1.165, 1.54) is 0 Å². The number of carbonyl (C=O) groups is 1. The van der Waals surface area contributed by atoms with Crippen molar-refractivity contribution in [3.05, 3.63) is 0 Å². The van der Waals surface area contributed by atoms with Gasteiger partial charge in [0.1, 0.15) is 12.8 Å². The topological polar surface area (TPSA) is 70.0 Å². The molecule has 0 aliphatic carbocycles. The SMILES string of the molecule is CCC1OCC(=O)N1P(O)(O)=S. The van der Waals surface area contributed by atoms with E-state index in [0.717, 1.165) is 4.67 Å². The first-order valence-electron chi connectivity index (χ1n) is 3.46. The molecule has 1 heterocycles. The Hall–Kier alpha value is -0.0000000000000000833. The zero-order chi connectivity index (χ0) is 9.35. The molecule has 1 amide bonds. The quantitative estimate of drug-likeness (QED) is 0.618. The van der Waals surface area contributed by atoms with E-state index in [1.54, 1.807) is 6.92 Å². The first-order chi connectivity index (χ1) is 5.46. The molecule has 0 bridgehead atoms. The molecule has 0 aromatic rings. The van der Waals surface area contributed by atoms with Gasteiger partial charge in [0.25, 0.3) is 12.5 Å². The van der Waals surface area contributed by atoms with Gasteiger partial charge in [0, 0.05) is 0 Å². The molecule has 7 heteroatoms. The van der Waals surface area contributed by atoms with Gasteiger partial charge in [-0.2, -0.15) is 0 Å². The maximum absolute atomic E-state index is 11.0. The normalized spacial score (nSPS) is 25.1. The number of hydrogen-bond donors (Lipinski definition) is 2. The average Bonchev–Trinajstić information content (AvgIpc) is 2.29. The highest BCUT2D eigenvalue weighted by atomic mass is 32.5. The Bertz CT molecular complexity index is 240. The van der Waals surface area contributed by atoms with Crippen LogP contribution in [0.3, 0.4) is 0 Å². The van der Waals surface area contributed by atoms with E-state index in [9.17, 15) is 4.79 Å². The summed E-state index contributed by atoms with van der Waals surface area (Å²) < 4.78 is 5.83. The Kier molecular flexibility index (Phi) is 2.85. The molecule has 0 radical (unpaired) electrons. The van der Waals surface area contributed by atoms with Gasteiger partial charge < -0.3 is 14.5 Å². The number of carbonyl (C=O) groups excluding carboxylic acids is 1. The monoisotopic (exact) mass is 211 g/mol. The molecule has 1 atom stereocenters. The van der Waals surface area contributed by atoms with Gasteiger partial charge >= 0.3 is 0 Å². The highest BCUT2D eigenvalue weighted by Gasteiger charge is 2.38. The van der Waals surface area contributed by atoms with Crippen LogP contribution in [0.5, 0.6) is 0 Å². The van der Waals surface area contributed by atoms with Crippen molar-refractivity contribution < 1.29 is 19.3 Å². The van der Waals surface area contributed by atoms with Crippen molar-refractivity contribution >= 4 is 24.4 Å². The summed E-state index contributed by atoms with van der Waals surface area (Å²) >= 11 is 4.41. The van der Waals surface area contributed by atoms with Crippen LogP contribution in [-0.4, -0.2) is 33.2 Å². The van der Waals surface area contributed by atoms with Crippen LogP contribution in [0.15, 0.2) is 0 Å². The zero-order valence-corrected chi connectivity index (χ0v) is 8.22. The van der Waals surface area contributed by atoms with E-state index in [4.69, 9.17) is 14.5 Å². The minimum Gasteiger partial charge on any atom is -0.348 e. The molecule has 0 spiro atoms. The van der Waals surface area contributed by atoms with Crippen LogP contribution in [0, 0.1) is 0 Å². The standard InChI is InChI=1S/C5H10NO4PS/c1-2-5-6(11(8,9)12)4(7)3-10-5/h5H,2-3H2,1H3,(H2,8,9,12). The van der Waals surface area contributed by atoms with E-state index in [-0.39, 0.29) is 6.61 Å². The fourth-order valence-electron chi connectivity index (χ4n) is 1.07. The molecule has 1 rings (SSSR count). The lowest BCUT2D eigenvalue weighted by molar-refractivity contribution is -0.124. The molecule has 1 aliphatic heterocycles. The lowest BCUT2D eigenvalue weighted by Gasteiger charge is -2.25. The van der Waals surface area contributed by atoms with E-state index < -0.39 is 18.8 Å². The van der Waals surface area contributed by atoms with E-state index in [2.05, 4.69) is 11.8 Å². The summed E-state index contributed by atoms with van der Waals surface area (Å²) in [4.78, 5) is 29.2. The van der Waals surface area contributed by atoms with Crippen LogP contribution < -0.4 is 0 Å². The number of nitrogens with zero attached hydrogens (tertiary/aromatic N) is 1. The third-order valence-electron chi connectivity index (χ3n) is 1.56. The molecule has 1 saturated heterocycles. The summed E-state index contributed by atoms with van der Waals surface area (Å²) in [5, 5.41) is 0. The maximum Gasteiger partial charge on any atom is 0.289 e. The van der Waals surface area contributed by atoms with Crippen molar-refractivity contribution in [1.29, 1.82) is 0 Å². The number of ether oxygens (including phenoxy) is 1. The molecule has 0 aromatic carbocycles. The summed E-state index contributed by atoms with van der Waals surface area (Å²) in [5.74, 6) is -0.449. The number of rotatable bonds is 2. The second-order valence-corrected chi connectivity index (χ2v) is 5.35. The number of hydrogen-bond acceptors (Lipinski definition) is 3. The van der Waals surface area contributed by atoms with Crippen LogP contribution in [0.4, 0.5) is 0 Å². The van der Waals surface area contributed by atoms with E-state index in [0.29, 0.717) is 6.42 Å². The van der Waals surface area contributed by atoms with E-state index >= 15 is 0 Å². The van der Waals surface area contributed by atoms with Crippen molar-refractivity contribution in [2.45, 2.75) is 19.6 Å². The molecule has 0 saturated carbocycles. The Labute approximate surface area is 75.2 Å². The van der Waals surface area contributed by atoms with Crippen molar-refractivity contribution in [3.8, 4) is 0 Å². The zero-order valence-electron chi connectivity index (χ0n) is 6.51. The molecule has 5 nitrogen and oxygen atoms in total. The molecule has 12 heavy (non-hydrogen) atoms. The molecule has 0 aromatic heterocycles. The average molecular weight is 211 g/mol. The summed E-state index contributed by atoms with van der Waals surface area (Å²) in [6.07, 6.45) is -0.0658. The molecule has 1 fully saturated rings. The van der Waals surface area contributed by atoms with Crippen molar-refractivity contribution in [3.63, 3.8) is 0 Å². The summed E-state index contributed by atoms with van der Waals surface area (Å²) in [5.41, 5.74) is 0. The Morgan fingerprint density at radius 1 is 1.83 bits per heavy atom. The molecular formula is C5H10NO4PS. The van der Waals surface area contributed by atoms with Crippen molar-refractivity contribution in [2.75, 3.05) is 6.61 Å². The summed E-state index contributed by atoms with van der Waals surface area (Å²) in [7, 11) is 0. The molecule has 1 unspecified atom stereocenters. The lowest BCUT2D eigenvalue weighted by atomic mass is 10.4. The first kappa shape index (κ1) is 10.1. The fourth-order valence-corrected chi connectivity index (χ4v) is 2.57. The second kappa shape index (κ2) is 3.40. The smallest absolute Gasteiger partial charge is 0.289 e. The first-order valence-corrected chi connectivity index (χ1v) is 6.12. The number of amides is 1. The third-order valence-corrected chi connectivity index (χ3v) is 3.13. The Balaban J connectivity index is 2.85. The van der Waals surface area contributed by atoms with Crippen LogP contribution in [0.2, 0.25) is 0 Å². The maximum atomic E-state index is 11.0. The Morgan fingerprint density at radius 2 is 2.42 bits per heavy atom. The van der Waals surface area contributed by atoms with Crippen molar-refractivity contribution in [1.82, 2.24) is 4.67 Å². The molecule has 70 valence electrons. The lowest BCUT2D eigenvalue weighted by Crippen LogP contribution is -2.29. The molecular weight excluding hydrogens is 201 g/mol. The highest BCUT2D eigenvalue weighted by Crippen LogP contribution is 2.45. The van der Waals surface area contributed by atoms with Gasteiger partial charge in [0.2, 0.25) is 0 Å². The minimum absolute atomic E-state index is 0.113.